The maximum Gasteiger partial charge on any atom is 0.0413 e. The van der Waals surface area contributed by atoms with Gasteiger partial charge in [0.15, 0.2) is 0 Å². The molecular weight excluding hydrogens is 170 g/mol. The molecule has 0 saturated heterocycles. The third kappa shape index (κ3) is 4.50. The smallest absolute Gasteiger partial charge is 0.0413 e. The number of hydrogen-bond donors (Lipinski definition) is 1. The molecule has 2 aliphatic rings. The van der Waals surface area contributed by atoms with Crippen LogP contribution in [0.4, 0.5) is 0 Å². The van der Waals surface area contributed by atoms with E-state index in [9.17, 15) is 0 Å². The summed E-state index contributed by atoms with van der Waals surface area (Å²) in [4.78, 5) is 0. The van der Waals surface area contributed by atoms with Gasteiger partial charge in [-0.05, 0) is 31.3 Å². The molecule has 1 aliphatic heterocycles. The lowest BCUT2D eigenvalue weighted by atomic mass is 10.1. The van der Waals surface area contributed by atoms with Crippen LogP contribution in [0.1, 0.15) is 47.5 Å². The zero-order valence-electron chi connectivity index (χ0n) is 10.3. The molecule has 0 aromatic rings. The molecule has 1 atom stereocenters. The van der Waals surface area contributed by atoms with Gasteiger partial charge in [-0.1, -0.05) is 39.8 Å². The van der Waals surface area contributed by atoms with Gasteiger partial charge in [-0.25, -0.2) is 0 Å². The van der Waals surface area contributed by atoms with Crippen LogP contribution in [0.25, 0.3) is 0 Å². The first-order valence-corrected chi connectivity index (χ1v) is 6.00. The van der Waals surface area contributed by atoms with Gasteiger partial charge in [-0.3, -0.25) is 0 Å². The summed E-state index contributed by atoms with van der Waals surface area (Å²) in [7, 11) is 0. The maximum absolute atomic E-state index is 3.30. The molecule has 2 rings (SSSR count). The van der Waals surface area contributed by atoms with Crippen molar-refractivity contribution in [1.82, 2.24) is 5.32 Å². The molecule has 0 bridgehead atoms. The third-order valence-corrected chi connectivity index (χ3v) is 2.14. The summed E-state index contributed by atoms with van der Waals surface area (Å²) in [5.41, 5.74) is 1.50. The van der Waals surface area contributed by atoms with Crippen molar-refractivity contribution in [2.45, 2.75) is 53.5 Å². The van der Waals surface area contributed by atoms with Crippen LogP contribution in [0.2, 0.25) is 0 Å². The van der Waals surface area contributed by atoms with E-state index in [4.69, 9.17) is 0 Å². The van der Waals surface area contributed by atoms with Crippen LogP contribution in [0, 0.1) is 5.92 Å². The predicted molar refractivity (Wildman–Crippen MR) is 65.2 cm³/mol. The Morgan fingerprint density at radius 3 is 2.07 bits per heavy atom. The first-order chi connectivity index (χ1) is 6.86. The zero-order chi connectivity index (χ0) is 11.0. The summed E-state index contributed by atoms with van der Waals surface area (Å²) in [6.07, 6.45) is 9.45. The number of rotatable bonds is 1. The Labute approximate surface area is 89.3 Å². The van der Waals surface area contributed by atoms with E-state index in [1.54, 1.807) is 0 Å². The van der Waals surface area contributed by atoms with Crippen LogP contribution in [0.15, 0.2) is 23.9 Å². The summed E-state index contributed by atoms with van der Waals surface area (Å²) in [6, 6.07) is 0.530. The van der Waals surface area contributed by atoms with Crippen LogP contribution in [0.5, 0.6) is 0 Å². The lowest BCUT2D eigenvalue weighted by Gasteiger charge is -2.13. The number of allylic oxidation sites excluding steroid dienone is 2. The van der Waals surface area contributed by atoms with Crippen molar-refractivity contribution in [3.8, 4) is 0 Å². The van der Waals surface area contributed by atoms with E-state index in [0.29, 0.717) is 6.04 Å². The average molecular weight is 195 g/mol. The minimum atomic E-state index is 0.530. The van der Waals surface area contributed by atoms with Gasteiger partial charge < -0.3 is 5.32 Å². The molecule has 0 aromatic heterocycles. The number of nitrogens with one attached hydrogen (secondary N) is 1. The van der Waals surface area contributed by atoms with Crippen molar-refractivity contribution in [3.05, 3.63) is 23.9 Å². The highest BCUT2D eigenvalue weighted by molar-refractivity contribution is 5.28. The summed E-state index contributed by atoms with van der Waals surface area (Å²) in [5, 5.41) is 3.30. The normalized spacial score (nSPS) is 23.2. The number of hydrogen-bond acceptors (Lipinski definition) is 1. The minimum Gasteiger partial charge on any atom is -0.385 e. The standard InChI is InChI=1S/C9H13N.2C2H6/c1-7-2-3-9(6-10-7)8-4-5-8;2*1-2/h2-3,6-8,10H,4-5H2,1H3;2*1-2H3. The molecule has 0 aromatic carbocycles. The Morgan fingerprint density at radius 1 is 1.14 bits per heavy atom. The largest absolute Gasteiger partial charge is 0.385 e. The van der Waals surface area contributed by atoms with E-state index in [1.807, 2.05) is 27.7 Å². The maximum atomic E-state index is 3.30. The highest BCUT2D eigenvalue weighted by Crippen LogP contribution is 2.37. The molecule has 0 radical (unpaired) electrons. The van der Waals surface area contributed by atoms with Gasteiger partial charge in [0.25, 0.3) is 0 Å². The molecule has 1 heteroatoms. The topological polar surface area (TPSA) is 12.0 Å². The molecule has 1 unspecified atom stereocenters. The second kappa shape index (κ2) is 7.66. The lowest BCUT2D eigenvalue weighted by molar-refractivity contribution is 0.742. The predicted octanol–water partition coefficient (Wildman–Crippen LogP) is 3.88. The van der Waals surface area contributed by atoms with Crippen molar-refractivity contribution in [2.75, 3.05) is 0 Å². The quantitative estimate of drug-likeness (QED) is 0.669. The van der Waals surface area contributed by atoms with Gasteiger partial charge in [0.1, 0.15) is 0 Å². The third-order valence-electron chi connectivity index (χ3n) is 2.14. The summed E-state index contributed by atoms with van der Waals surface area (Å²) >= 11 is 0. The first-order valence-electron chi connectivity index (χ1n) is 6.00. The van der Waals surface area contributed by atoms with Crippen molar-refractivity contribution in [2.24, 2.45) is 5.92 Å². The van der Waals surface area contributed by atoms with Gasteiger partial charge in [0.2, 0.25) is 0 Å². The van der Waals surface area contributed by atoms with Gasteiger partial charge in [-0.2, -0.15) is 0 Å². The Morgan fingerprint density at radius 2 is 1.71 bits per heavy atom. The Hall–Kier alpha value is -0.720. The van der Waals surface area contributed by atoms with Crippen molar-refractivity contribution < 1.29 is 0 Å². The molecule has 14 heavy (non-hydrogen) atoms. The molecule has 0 spiro atoms. The molecule has 0 amide bonds. The highest BCUT2D eigenvalue weighted by Gasteiger charge is 2.25. The van der Waals surface area contributed by atoms with Crippen LogP contribution < -0.4 is 5.32 Å². The summed E-state index contributed by atoms with van der Waals surface area (Å²) in [5.74, 6) is 0.885. The second-order valence-electron chi connectivity index (χ2n) is 3.23. The van der Waals surface area contributed by atoms with Gasteiger partial charge in [-0.15, -0.1) is 0 Å². The van der Waals surface area contributed by atoms with E-state index in [0.717, 1.165) is 5.92 Å². The molecule has 1 nitrogen and oxygen atoms in total. The Balaban J connectivity index is 0.000000379. The van der Waals surface area contributed by atoms with Gasteiger partial charge in [0.05, 0.1) is 0 Å². The van der Waals surface area contributed by atoms with Crippen LogP contribution in [-0.4, -0.2) is 6.04 Å². The highest BCUT2D eigenvalue weighted by atomic mass is 14.9. The van der Waals surface area contributed by atoms with Gasteiger partial charge >= 0.3 is 0 Å². The fourth-order valence-corrected chi connectivity index (χ4v) is 1.26. The molecule has 82 valence electrons. The Kier molecular flexibility index (Phi) is 7.27. The molecular formula is C13H25N. The van der Waals surface area contributed by atoms with Gasteiger partial charge in [0, 0.05) is 12.2 Å². The lowest BCUT2D eigenvalue weighted by Crippen LogP contribution is -2.21. The molecule has 1 fully saturated rings. The van der Waals surface area contributed by atoms with E-state index in [1.165, 1.54) is 18.4 Å². The molecule has 1 heterocycles. The van der Waals surface area contributed by atoms with E-state index >= 15 is 0 Å². The van der Waals surface area contributed by atoms with Crippen molar-refractivity contribution >= 4 is 0 Å². The molecule has 1 N–H and O–H groups in total. The van der Waals surface area contributed by atoms with Crippen LogP contribution in [-0.2, 0) is 0 Å². The average Bonchev–Trinajstić information content (AvgIpc) is 3.09. The monoisotopic (exact) mass is 195 g/mol. The summed E-state index contributed by atoms with van der Waals surface area (Å²) in [6.45, 7) is 10.2. The first kappa shape index (κ1) is 13.3. The minimum absolute atomic E-state index is 0.530. The van der Waals surface area contributed by atoms with Crippen molar-refractivity contribution in [3.63, 3.8) is 0 Å². The number of dihydropyridines is 1. The van der Waals surface area contributed by atoms with E-state index in [-0.39, 0.29) is 0 Å². The molecule has 1 aliphatic carbocycles. The van der Waals surface area contributed by atoms with E-state index < -0.39 is 0 Å². The fourth-order valence-electron chi connectivity index (χ4n) is 1.26. The van der Waals surface area contributed by atoms with Crippen LogP contribution >= 0.6 is 0 Å². The second-order valence-corrected chi connectivity index (χ2v) is 3.23. The summed E-state index contributed by atoms with van der Waals surface area (Å²) < 4.78 is 0. The fraction of sp³-hybridized carbons (Fsp3) is 0.692. The SMILES string of the molecule is CC.CC.CC1C=CC(C2CC2)=CN1. The van der Waals surface area contributed by atoms with Crippen molar-refractivity contribution in [1.29, 1.82) is 0 Å². The van der Waals surface area contributed by atoms with E-state index in [2.05, 4.69) is 30.6 Å². The zero-order valence-corrected chi connectivity index (χ0v) is 10.3. The Bertz CT molecular complexity index is 187. The van der Waals surface area contributed by atoms with Crippen LogP contribution in [0.3, 0.4) is 0 Å². The molecule has 1 saturated carbocycles.